The summed E-state index contributed by atoms with van der Waals surface area (Å²) in [6.45, 7) is 9.59. The molecule has 8 atom stereocenters. The van der Waals surface area contributed by atoms with Crippen molar-refractivity contribution in [1.29, 1.82) is 0 Å². The highest BCUT2D eigenvalue weighted by Gasteiger charge is 2.50. The highest BCUT2D eigenvalue weighted by Crippen LogP contribution is 2.47. The van der Waals surface area contributed by atoms with Crippen molar-refractivity contribution < 1.29 is 29.2 Å². The highest BCUT2D eigenvalue weighted by molar-refractivity contribution is 5.79. The lowest BCUT2D eigenvalue weighted by atomic mass is 9.70. The molecule has 0 aromatic heterocycles. The van der Waals surface area contributed by atoms with E-state index in [0.29, 0.717) is 43.6 Å². The van der Waals surface area contributed by atoms with Crippen LogP contribution in [0, 0.1) is 35.5 Å². The highest BCUT2D eigenvalue weighted by atomic mass is 16.5. The maximum Gasteiger partial charge on any atom is 0.223 e. The van der Waals surface area contributed by atoms with E-state index in [0.717, 1.165) is 43.4 Å². The van der Waals surface area contributed by atoms with Crippen LogP contribution in [0.5, 0.6) is 11.5 Å². The first-order chi connectivity index (χ1) is 19.0. The molecule has 1 aromatic rings. The molecule has 8 nitrogen and oxygen atoms in total. The molecule has 2 aliphatic rings. The van der Waals surface area contributed by atoms with E-state index in [9.17, 15) is 15.0 Å². The van der Waals surface area contributed by atoms with E-state index in [2.05, 4.69) is 25.2 Å². The Balaban J connectivity index is 1.57. The van der Waals surface area contributed by atoms with Crippen molar-refractivity contribution in [2.75, 3.05) is 27.4 Å². The molecule has 1 aromatic carbocycles. The van der Waals surface area contributed by atoms with Crippen molar-refractivity contribution in [3.05, 3.63) is 23.8 Å². The summed E-state index contributed by atoms with van der Waals surface area (Å²) >= 11 is 0. The minimum atomic E-state index is -0.777. The van der Waals surface area contributed by atoms with Crippen LogP contribution in [0.3, 0.4) is 0 Å². The van der Waals surface area contributed by atoms with Gasteiger partial charge in [-0.05, 0) is 79.9 Å². The van der Waals surface area contributed by atoms with Crippen molar-refractivity contribution in [2.45, 2.75) is 96.9 Å². The SMILES string of the molecule is COCCCOc1cc(C[C@@H](C[C@H](N)[C@@H](O)C[C@H](C(=O)NC2CC3CCC(O)C32)C(C)C)C(C)C)ccc1OC. The maximum absolute atomic E-state index is 13.2. The van der Waals surface area contributed by atoms with E-state index in [-0.39, 0.29) is 41.7 Å². The number of hydrogen-bond acceptors (Lipinski definition) is 7. The second kappa shape index (κ2) is 15.4. The number of hydrogen-bond donors (Lipinski definition) is 4. The molecule has 228 valence electrons. The molecule has 0 spiro atoms. The molecule has 2 fully saturated rings. The summed E-state index contributed by atoms with van der Waals surface area (Å²) in [6, 6.07) is 5.64. The summed E-state index contributed by atoms with van der Waals surface area (Å²) in [5.74, 6) is 2.48. The smallest absolute Gasteiger partial charge is 0.223 e. The number of ether oxygens (including phenoxy) is 3. The predicted molar refractivity (Wildman–Crippen MR) is 157 cm³/mol. The Bertz CT molecular complexity index is 919. The van der Waals surface area contributed by atoms with Gasteiger partial charge < -0.3 is 35.5 Å². The van der Waals surface area contributed by atoms with Gasteiger partial charge in [-0.2, -0.15) is 0 Å². The first-order valence-corrected chi connectivity index (χ1v) is 15.3. The summed E-state index contributed by atoms with van der Waals surface area (Å²) in [5, 5.41) is 24.6. The third-order valence-corrected chi connectivity index (χ3v) is 9.30. The van der Waals surface area contributed by atoms with Gasteiger partial charge in [0.25, 0.3) is 0 Å². The zero-order chi connectivity index (χ0) is 29.4. The number of aliphatic hydroxyl groups is 2. The van der Waals surface area contributed by atoms with Gasteiger partial charge in [-0.3, -0.25) is 4.79 Å². The lowest BCUT2D eigenvalue weighted by Gasteiger charge is -2.43. The minimum Gasteiger partial charge on any atom is -0.493 e. The molecule has 2 saturated carbocycles. The molecule has 0 radical (unpaired) electrons. The first kappa shape index (κ1) is 32.6. The molecule has 4 unspecified atom stereocenters. The maximum atomic E-state index is 13.2. The van der Waals surface area contributed by atoms with Gasteiger partial charge in [0.2, 0.25) is 5.91 Å². The summed E-state index contributed by atoms with van der Waals surface area (Å²) < 4.78 is 16.6. The lowest BCUT2D eigenvalue weighted by Crippen LogP contribution is -2.55. The zero-order valence-electron chi connectivity index (χ0n) is 25.5. The summed E-state index contributed by atoms with van der Waals surface area (Å²) in [6.07, 6.45) is 4.33. The minimum absolute atomic E-state index is 0.0273. The quantitative estimate of drug-likeness (QED) is 0.212. The fourth-order valence-corrected chi connectivity index (χ4v) is 6.55. The lowest BCUT2D eigenvalue weighted by molar-refractivity contribution is -0.130. The predicted octanol–water partition coefficient (Wildman–Crippen LogP) is 3.94. The largest absolute Gasteiger partial charge is 0.493 e. The van der Waals surface area contributed by atoms with E-state index in [1.807, 2.05) is 26.0 Å². The Morgan fingerprint density at radius 2 is 1.82 bits per heavy atom. The fourth-order valence-electron chi connectivity index (χ4n) is 6.55. The van der Waals surface area contributed by atoms with Crippen LogP contribution in [-0.2, 0) is 16.0 Å². The van der Waals surface area contributed by atoms with Crippen LogP contribution in [-0.4, -0.2) is 67.8 Å². The Morgan fingerprint density at radius 3 is 2.45 bits per heavy atom. The van der Waals surface area contributed by atoms with Crippen LogP contribution < -0.4 is 20.5 Å². The zero-order valence-corrected chi connectivity index (χ0v) is 25.5. The van der Waals surface area contributed by atoms with Crippen molar-refractivity contribution in [3.8, 4) is 11.5 Å². The van der Waals surface area contributed by atoms with Gasteiger partial charge in [0.1, 0.15) is 0 Å². The van der Waals surface area contributed by atoms with Gasteiger partial charge in [0.15, 0.2) is 11.5 Å². The normalized spacial score (nSPS) is 25.2. The van der Waals surface area contributed by atoms with Gasteiger partial charge in [0.05, 0.1) is 25.9 Å². The molecule has 8 heteroatoms. The number of aliphatic hydroxyl groups excluding tert-OH is 2. The first-order valence-electron chi connectivity index (χ1n) is 15.3. The van der Waals surface area contributed by atoms with Crippen molar-refractivity contribution >= 4 is 5.91 Å². The molecular formula is C32H54N2O6. The number of amides is 1. The molecule has 2 aliphatic carbocycles. The number of benzene rings is 1. The number of rotatable bonds is 17. The van der Waals surface area contributed by atoms with Crippen molar-refractivity contribution in [3.63, 3.8) is 0 Å². The third-order valence-electron chi connectivity index (χ3n) is 9.30. The van der Waals surface area contributed by atoms with E-state index < -0.39 is 12.1 Å². The molecule has 0 heterocycles. The van der Waals surface area contributed by atoms with Gasteiger partial charge in [-0.15, -0.1) is 0 Å². The van der Waals surface area contributed by atoms with Crippen LogP contribution in [0.25, 0.3) is 0 Å². The molecule has 0 bridgehead atoms. The van der Waals surface area contributed by atoms with Gasteiger partial charge >= 0.3 is 0 Å². The molecular weight excluding hydrogens is 508 g/mol. The van der Waals surface area contributed by atoms with E-state index in [1.165, 1.54) is 0 Å². The van der Waals surface area contributed by atoms with Gasteiger partial charge in [-0.25, -0.2) is 0 Å². The van der Waals surface area contributed by atoms with Crippen molar-refractivity contribution in [1.82, 2.24) is 5.32 Å². The van der Waals surface area contributed by atoms with Crippen molar-refractivity contribution in [2.24, 2.45) is 41.2 Å². The monoisotopic (exact) mass is 562 g/mol. The number of methoxy groups -OCH3 is 2. The van der Waals surface area contributed by atoms with E-state index >= 15 is 0 Å². The standard InChI is InChI=1S/C32H54N2O6/c1-19(2)23(14-21-8-11-29(39-6)30(15-21)40-13-7-12-38-5)16-25(33)28(36)18-24(20(3)4)32(37)34-26-17-22-9-10-27(35)31(22)26/h8,11,15,19-20,22-28,31,35-36H,7,9-10,12-14,16-18,33H2,1-6H3,(H,34,37)/t22?,23-,24-,25-,26?,27?,28-,31?/m0/s1. The second-order valence-corrected chi connectivity index (χ2v) is 12.8. The average molecular weight is 563 g/mol. The van der Waals surface area contributed by atoms with Crippen LogP contribution in [0.1, 0.15) is 71.8 Å². The summed E-state index contributed by atoms with van der Waals surface area (Å²) in [7, 11) is 3.32. The molecule has 0 saturated heterocycles. The second-order valence-electron chi connectivity index (χ2n) is 12.8. The molecule has 0 aliphatic heterocycles. The van der Waals surface area contributed by atoms with E-state index in [1.54, 1.807) is 14.2 Å². The van der Waals surface area contributed by atoms with Crippen LogP contribution in [0.2, 0.25) is 0 Å². The fraction of sp³-hybridized carbons (Fsp3) is 0.781. The number of fused-ring (bicyclic) bond motifs is 1. The number of nitrogens with two attached hydrogens (primary N) is 1. The number of carbonyl (C=O) groups excluding carboxylic acids is 1. The summed E-state index contributed by atoms with van der Waals surface area (Å²) in [4.78, 5) is 13.2. The molecule has 3 rings (SSSR count). The Hall–Kier alpha value is -1.87. The van der Waals surface area contributed by atoms with Gasteiger partial charge in [0, 0.05) is 44.1 Å². The Kier molecular flexibility index (Phi) is 12.6. The topological polar surface area (TPSA) is 123 Å². The number of nitrogens with one attached hydrogen (secondary N) is 1. The van der Waals surface area contributed by atoms with Gasteiger partial charge in [-0.1, -0.05) is 33.8 Å². The Morgan fingerprint density at radius 1 is 1.07 bits per heavy atom. The van der Waals surface area contributed by atoms with Crippen LogP contribution in [0.15, 0.2) is 18.2 Å². The molecule has 5 N–H and O–H groups in total. The summed E-state index contributed by atoms with van der Waals surface area (Å²) in [5.41, 5.74) is 7.72. The number of carbonyl (C=O) groups is 1. The van der Waals surface area contributed by atoms with Crippen LogP contribution in [0.4, 0.5) is 0 Å². The average Bonchev–Trinajstić information content (AvgIpc) is 3.20. The Labute approximate surface area is 241 Å². The third kappa shape index (κ3) is 8.57. The van der Waals surface area contributed by atoms with E-state index in [4.69, 9.17) is 19.9 Å². The molecule has 1 amide bonds. The van der Waals surface area contributed by atoms with Crippen LogP contribution >= 0.6 is 0 Å². The molecule has 40 heavy (non-hydrogen) atoms.